The van der Waals surface area contributed by atoms with Crippen LogP contribution in [0.2, 0.25) is 0 Å². The molecule has 138 valence electrons. The van der Waals surface area contributed by atoms with Gasteiger partial charge in [-0.2, -0.15) is 4.98 Å². The molecule has 2 heterocycles. The highest BCUT2D eigenvalue weighted by Gasteiger charge is 2.14. The zero-order valence-electron chi connectivity index (χ0n) is 15.0. The lowest BCUT2D eigenvalue weighted by Gasteiger charge is -2.30. The van der Waals surface area contributed by atoms with Gasteiger partial charge in [0.2, 0.25) is 5.89 Å². The van der Waals surface area contributed by atoms with E-state index in [0.717, 1.165) is 37.9 Å². The van der Waals surface area contributed by atoms with Crippen molar-refractivity contribution in [3.8, 4) is 0 Å². The van der Waals surface area contributed by atoms with Crippen LogP contribution in [0, 0.1) is 12.8 Å². The minimum Gasteiger partial charge on any atom is -0.357 e. The highest BCUT2D eigenvalue weighted by Crippen LogP contribution is 2.15. The molecule has 1 saturated heterocycles. The van der Waals surface area contributed by atoms with E-state index in [1.165, 1.54) is 25.9 Å². The summed E-state index contributed by atoms with van der Waals surface area (Å²) in [6.07, 6.45) is 3.80. The Bertz CT molecular complexity index is 485. The van der Waals surface area contributed by atoms with Crippen molar-refractivity contribution in [2.45, 2.75) is 46.6 Å². The molecule has 24 heavy (non-hydrogen) atoms. The van der Waals surface area contributed by atoms with Gasteiger partial charge in [-0.1, -0.05) is 12.1 Å². The van der Waals surface area contributed by atoms with E-state index in [1.54, 1.807) is 6.92 Å². The molecule has 0 spiro atoms. The molecular formula is C16H31IN6O. The van der Waals surface area contributed by atoms with Crippen molar-refractivity contribution in [2.24, 2.45) is 10.9 Å². The van der Waals surface area contributed by atoms with Crippen LogP contribution in [-0.2, 0) is 6.54 Å². The molecule has 0 saturated carbocycles. The van der Waals surface area contributed by atoms with Crippen LogP contribution in [0.25, 0.3) is 0 Å². The Morgan fingerprint density at radius 2 is 2.08 bits per heavy atom. The third-order valence-corrected chi connectivity index (χ3v) is 4.11. The molecule has 1 aliphatic rings. The van der Waals surface area contributed by atoms with Crippen LogP contribution in [0.5, 0.6) is 0 Å². The smallest absolute Gasteiger partial charge is 0.223 e. The highest BCUT2D eigenvalue weighted by molar-refractivity contribution is 14.0. The molecule has 1 fully saturated rings. The van der Waals surface area contributed by atoms with Crippen LogP contribution < -0.4 is 10.6 Å². The number of hydrogen-bond donors (Lipinski definition) is 2. The van der Waals surface area contributed by atoms with Gasteiger partial charge < -0.3 is 20.1 Å². The Hall–Kier alpha value is -0.900. The second kappa shape index (κ2) is 11.6. The molecule has 8 heteroatoms. The number of aromatic nitrogens is 2. The summed E-state index contributed by atoms with van der Waals surface area (Å²) in [6, 6.07) is 0. The zero-order chi connectivity index (χ0) is 16.5. The number of likely N-dealkylation sites (tertiary alicyclic amines) is 1. The first-order valence-electron chi connectivity index (χ1n) is 8.71. The standard InChI is InChI=1S/C16H30N6O.HI/c1-4-17-16(19-12-15-20-14(3)23-21-15)18-8-5-9-22-10-6-13(2)7-11-22;/h13H,4-12H2,1-3H3,(H2,17,18,19);1H. The van der Waals surface area contributed by atoms with E-state index < -0.39 is 0 Å². The van der Waals surface area contributed by atoms with Crippen LogP contribution >= 0.6 is 24.0 Å². The number of hydrogen-bond acceptors (Lipinski definition) is 5. The fourth-order valence-corrected chi connectivity index (χ4v) is 2.69. The van der Waals surface area contributed by atoms with Gasteiger partial charge in [0, 0.05) is 20.0 Å². The van der Waals surface area contributed by atoms with Crippen LogP contribution in [0.15, 0.2) is 9.52 Å². The van der Waals surface area contributed by atoms with E-state index in [0.29, 0.717) is 18.3 Å². The fraction of sp³-hybridized carbons (Fsp3) is 0.812. The summed E-state index contributed by atoms with van der Waals surface area (Å²) in [5.74, 6) is 2.89. The first-order valence-corrected chi connectivity index (χ1v) is 8.71. The monoisotopic (exact) mass is 450 g/mol. The first kappa shape index (κ1) is 21.1. The Morgan fingerprint density at radius 3 is 2.71 bits per heavy atom. The number of nitrogens with zero attached hydrogens (tertiary/aromatic N) is 4. The fourth-order valence-electron chi connectivity index (χ4n) is 2.69. The quantitative estimate of drug-likeness (QED) is 0.287. The third-order valence-electron chi connectivity index (χ3n) is 4.11. The maximum atomic E-state index is 4.95. The van der Waals surface area contributed by atoms with Gasteiger partial charge in [-0.25, -0.2) is 4.99 Å². The Morgan fingerprint density at radius 1 is 1.33 bits per heavy atom. The molecule has 7 nitrogen and oxygen atoms in total. The minimum absolute atomic E-state index is 0. The number of aliphatic imine (C=N–C) groups is 1. The van der Waals surface area contributed by atoms with Gasteiger partial charge in [0.1, 0.15) is 6.54 Å². The molecule has 0 aliphatic carbocycles. The van der Waals surface area contributed by atoms with Crippen molar-refractivity contribution >= 4 is 29.9 Å². The number of aryl methyl sites for hydroxylation is 1. The molecule has 1 aliphatic heterocycles. The lowest BCUT2D eigenvalue weighted by Crippen LogP contribution is -2.39. The van der Waals surface area contributed by atoms with Crippen molar-refractivity contribution in [1.29, 1.82) is 0 Å². The van der Waals surface area contributed by atoms with Gasteiger partial charge in [0.15, 0.2) is 11.8 Å². The largest absolute Gasteiger partial charge is 0.357 e. The number of halogens is 1. The first-order chi connectivity index (χ1) is 11.2. The third kappa shape index (κ3) is 7.78. The topological polar surface area (TPSA) is 78.6 Å². The number of rotatable bonds is 7. The molecular weight excluding hydrogens is 419 g/mol. The molecule has 0 unspecified atom stereocenters. The van der Waals surface area contributed by atoms with Gasteiger partial charge in [0.25, 0.3) is 0 Å². The zero-order valence-corrected chi connectivity index (χ0v) is 17.4. The van der Waals surface area contributed by atoms with Crippen molar-refractivity contribution in [3.63, 3.8) is 0 Å². The van der Waals surface area contributed by atoms with E-state index in [1.807, 2.05) is 0 Å². The predicted molar refractivity (Wildman–Crippen MR) is 107 cm³/mol. The van der Waals surface area contributed by atoms with Crippen molar-refractivity contribution in [1.82, 2.24) is 25.7 Å². The van der Waals surface area contributed by atoms with Crippen molar-refractivity contribution in [2.75, 3.05) is 32.7 Å². The Labute approximate surface area is 162 Å². The van der Waals surface area contributed by atoms with E-state index in [4.69, 9.17) is 4.52 Å². The molecule has 0 radical (unpaired) electrons. The average molecular weight is 450 g/mol. The van der Waals surface area contributed by atoms with Crippen molar-refractivity contribution in [3.05, 3.63) is 11.7 Å². The van der Waals surface area contributed by atoms with E-state index in [9.17, 15) is 0 Å². The lowest BCUT2D eigenvalue weighted by atomic mass is 9.99. The van der Waals surface area contributed by atoms with Crippen molar-refractivity contribution < 1.29 is 4.52 Å². The molecule has 1 aromatic rings. The summed E-state index contributed by atoms with van der Waals surface area (Å²) >= 11 is 0. The summed E-state index contributed by atoms with van der Waals surface area (Å²) in [4.78, 5) is 11.2. The number of nitrogens with one attached hydrogen (secondary N) is 2. The molecule has 0 aromatic carbocycles. The van der Waals surface area contributed by atoms with Crippen LogP contribution in [-0.4, -0.2) is 53.7 Å². The normalized spacial score (nSPS) is 16.7. The van der Waals surface area contributed by atoms with Gasteiger partial charge in [-0.05, 0) is 51.7 Å². The van der Waals surface area contributed by atoms with Gasteiger partial charge in [0.05, 0.1) is 0 Å². The van der Waals surface area contributed by atoms with E-state index in [-0.39, 0.29) is 24.0 Å². The second-order valence-corrected chi connectivity index (χ2v) is 6.23. The average Bonchev–Trinajstić information content (AvgIpc) is 2.96. The Balaban J connectivity index is 0.00000288. The van der Waals surface area contributed by atoms with Crippen LogP contribution in [0.1, 0.15) is 44.8 Å². The number of piperidine rings is 1. The van der Waals surface area contributed by atoms with E-state index in [2.05, 4.69) is 44.5 Å². The minimum atomic E-state index is 0. The van der Waals surface area contributed by atoms with Gasteiger partial charge in [-0.3, -0.25) is 0 Å². The molecule has 2 rings (SSSR count). The second-order valence-electron chi connectivity index (χ2n) is 6.23. The molecule has 0 bridgehead atoms. The Kier molecular flexibility index (Phi) is 10.2. The molecule has 2 N–H and O–H groups in total. The summed E-state index contributed by atoms with van der Waals surface area (Å²) in [5, 5.41) is 10.5. The van der Waals surface area contributed by atoms with Gasteiger partial charge >= 0.3 is 0 Å². The van der Waals surface area contributed by atoms with E-state index >= 15 is 0 Å². The summed E-state index contributed by atoms with van der Waals surface area (Å²) in [5.41, 5.74) is 0. The highest BCUT2D eigenvalue weighted by atomic mass is 127. The summed E-state index contributed by atoms with van der Waals surface area (Å²) < 4.78 is 4.95. The van der Waals surface area contributed by atoms with Gasteiger partial charge in [-0.15, -0.1) is 24.0 Å². The summed E-state index contributed by atoms with van der Waals surface area (Å²) in [6.45, 7) is 12.0. The molecule has 1 aromatic heterocycles. The predicted octanol–water partition coefficient (Wildman–Crippen LogP) is 2.17. The maximum absolute atomic E-state index is 4.95. The lowest BCUT2D eigenvalue weighted by molar-refractivity contribution is 0.191. The van der Waals surface area contributed by atoms with Crippen LogP contribution in [0.3, 0.4) is 0 Å². The molecule has 0 atom stereocenters. The SMILES string of the molecule is CCNC(=NCc1noc(C)n1)NCCCN1CCC(C)CC1.I. The summed E-state index contributed by atoms with van der Waals surface area (Å²) in [7, 11) is 0. The van der Waals surface area contributed by atoms with Crippen LogP contribution in [0.4, 0.5) is 0 Å². The molecule has 0 amide bonds. The number of guanidine groups is 1. The maximum Gasteiger partial charge on any atom is 0.223 e.